The summed E-state index contributed by atoms with van der Waals surface area (Å²) in [4.78, 5) is 8.92. The highest BCUT2D eigenvalue weighted by Crippen LogP contribution is 2.25. The number of aliphatic hydroxyl groups excluding tert-OH is 1. The van der Waals surface area contributed by atoms with Crippen LogP contribution in [0.15, 0.2) is 0 Å². The normalized spacial score (nSPS) is 13.3. The molecule has 0 amide bonds. The Morgan fingerprint density at radius 2 is 2.00 bits per heavy atom. The fourth-order valence-electron chi connectivity index (χ4n) is 1.76. The molecule has 6 heteroatoms. The van der Waals surface area contributed by atoms with Gasteiger partial charge in [-0.3, -0.25) is 0 Å². The van der Waals surface area contributed by atoms with Crippen molar-refractivity contribution >= 4 is 11.6 Å². The zero-order chi connectivity index (χ0) is 15.3. The van der Waals surface area contributed by atoms with Gasteiger partial charge in [-0.05, 0) is 13.3 Å². The Balaban J connectivity index is 3.06. The molecule has 0 saturated carbocycles. The fourth-order valence-corrected chi connectivity index (χ4v) is 1.76. The highest BCUT2D eigenvalue weighted by Gasteiger charge is 2.21. The minimum Gasteiger partial charge on any atom is -0.396 e. The van der Waals surface area contributed by atoms with Crippen LogP contribution < -0.4 is 11.1 Å². The van der Waals surface area contributed by atoms with Crippen molar-refractivity contribution in [3.05, 3.63) is 11.4 Å². The van der Waals surface area contributed by atoms with E-state index in [4.69, 9.17) is 15.6 Å². The van der Waals surface area contributed by atoms with E-state index in [2.05, 4.69) is 15.3 Å². The van der Waals surface area contributed by atoms with E-state index in [0.717, 1.165) is 5.56 Å². The molecule has 0 aliphatic heterocycles. The molecule has 1 heterocycles. The maximum Gasteiger partial charge on any atom is 0.138 e. The first-order valence-corrected chi connectivity index (χ1v) is 6.80. The third-order valence-corrected chi connectivity index (χ3v) is 3.04. The van der Waals surface area contributed by atoms with Crippen LogP contribution in [0.3, 0.4) is 0 Å². The fraction of sp³-hybridized carbons (Fsp3) is 0.714. The summed E-state index contributed by atoms with van der Waals surface area (Å²) in [5.41, 5.74) is 6.61. The Morgan fingerprint density at radius 1 is 1.35 bits per heavy atom. The van der Waals surface area contributed by atoms with Gasteiger partial charge in [0.25, 0.3) is 0 Å². The summed E-state index contributed by atoms with van der Waals surface area (Å²) < 4.78 is 5.15. The number of aromatic nitrogens is 2. The summed E-state index contributed by atoms with van der Waals surface area (Å²) in [6.45, 7) is 8.60. The Morgan fingerprint density at radius 3 is 2.50 bits per heavy atom. The van der Waals surface area contributed by atoms with E-state index in [-0.39, 0.29) is 18.1 Å². The highest BCUT2D eigenvalue weighted by atomic mass is 16.5. The minimum absolute atomic E-state index is 0.00850. The smallest absolute Gasteiger partial charge is 0.138 e. The molecule has 114 valence electrons. The molecule has 0 aliphatic rings. The third-order valence-electron chi connectivity index (χ3n) is 3.04. The maximum atomic E-state index is 9.10. The van der Waals surface area contributed by atoms with Crippen molar-refractivity contribution in [2.45, 2.75) is 45.6 Å². The van der Waals surface area contributed by atoms with Gasteiger partial charge in [-0.25, -0.2) is 9.97 Å². The molecular formula is C14H26N4O2. The topological polar surface area (TPSA) is 93.3 Å². The lowest BCUT2D eigenvalue weighted by Crippen LogP contribution is -2.28. The average Bonchev–Trinajstić information content (AvgIpc) is 2.34. The molecule has 1 aromatic heterocycles. The Kier molecular flexibility index (Phi) is 5.71. The second-order valence-electron chi connectivity index (χ2n) is 5.96. The number of nitrogens with zero attached hydrogens (tertiary/aromatic N) is 2. The van der Waals surface area contributed by atoms with Crippen LogP contribution in [-0.4, -0.2) is 41.4 Å². The van der Waals surface area contributed by atoms with E-state index in [0.29, 0.717) is 30.5 Å². The van der Waals surface area contributed by atoms with Crippen LogP contribution >= 0.6 is 0 Å². The number of anilines is 2. The van der Waals surface area contributed by atoms with Crippen LogP contribution in [0.4, 0.5) is 11.6 Å². The number of rotatable bonds is 6. The molecule has 1 unspecified atom stereocenters. The number of aliphatic hydroxyl groups is 1. The van der Waals surface area contributed by atoms with Gasteiger partial charge in [-0.15, -0.1) is 0 Å². The molecule has 0 aromatic carbocycles. The van der Waals surface area contributed by atoms with Gasteiger partial charge in [0, 0.05) is 24.7 Å². The predicted molar refractivity (Wildman–Crippen MR) is 80.9 cm³/mol. The zero-order valence-electron chi connectivity index (χ0n) is 13.0. The first kappa shape index (κ1) is 16.7. The zero-order valence-corrected chi connectivity index (χ0v) is 13.0. The van der Waals surface area contributed by atoms with Gasteiger partial charge in [0.05, 0.1) is 12.6 Å². The summed E-state index contributed by atoms with van der Waals surface area (Å²) in [6, 6.07) is -0.00850. The summed E-state index contributed by atoms with van der Waals surface area (Å²) in [5, 5.41) is 12.4. The summed E-state index contributed by atoms with van der Waals surface area (Å²) in [7, 11) is 1.63. The largest absolute Gasteiger partial charge is 0.396 e. The predicted octanol–water partition coefficient (Wildman–Crippen LogP) is 1.47. The van der Waals surface area contributed by atoms with E-state index in [9.17, 15) is 0 Å². The van der Waals surface area contributed by atoms with Crippen molar-refractivity contribution in [2.75, 3.05) is 31.4 Å². The van der Waals surface area contributed by atoms with Crippen molar-refractivity contribution in [1.29, 1.82) is 0 Å². The van der Waals surface area contributed by atoms with Gasteiger partial charge in [0.2, 0.25) is 0 Å². The van der Waals surface area contributed by atoms with Crippen molar-refractivity contribution in [3.63, 3.8) is 0 Å². The van der Waals surface area contributed by atoms with Crippen LogP contribution in [0.5, 0.6) is 0 Å². The molecule has 0 bridgehead atoms. The molecule has 1 rings (SSSR count). The van der Waals surface area contributed by atoms with Gasteiger partial charge in [-0.2, -0.15) is 0 Å². The minimum atomic E-state index is -0.175. The molecule has 20 heavy (non-hydrogen) atoms. The first-order chi connectivity index (χ1) is 9.29. The van der Waals surface area contributed by atoms with E-state index >= 15 is 0 Å². The molecule has 0 radical (unpaired) electrons. The highest BCUT2D eigenvalue weighted by molar-refractivity contribution is 5.55. The summed E-state index contributed by atoms with van der Waals surface area (Å²) >= 11 is 0. The quantitative estimate of drug-likeness (QED) is 0.731. The van der Waals surface area contributed by atoms with E-state index in [1.165, 1.54) is 0 Å². The monoisotopic (exact) mass is 282 g/mol. The standard InChI is InChI=1S/C14H26N4O2/c1-9-11(15)17-13(14(2,3)4)18-12(9)16-10(6-7-19)8-20-5/h10,19H,6-8H2,1-5H3,(H3,15,16,17,18). The van der Waals surface area contributed by atoms with E-state index < -0.39 is 0 Å². The van der Waals surface area contributed by atoms with Gasteiger partial charge in [0.1, 0.15) is 17.5 Å². The lowest BCUT2D eigenvalue weighted by atomic mass is 9.95. The Labute approximate surface area is 120 Å². The van der Waals surface area contributed by atoms with Gasteiger partial charge in [0.15, 0.2) is 0 Å². The number of ether oxygens (including phenoxy) is 1. The molecule has 0 spiro atoms. The second kappa shape index (κ2) is 6.85. The van der Waals surface area contributed by atoms with Gasteiger partial charge in [-0.1, -0.05) is 20.8 Å². The molecule has 4 N–H and O–H groups in total. The molecule has 0 fully saturated rings. The van der Waals surface area contributed by atoms with Gasteiger partial charge < -0.3 is 20.9 Å². The summed E-state index contributed by atoms with van der Waals surface area (Å²) in [5.74, 6) is 1.88. The third kappa shape index (κ3) is 4.31. The van der Waals surface area contributed by atoms with Crippen LogP contribution in [0.25, 0.3) is 0 Å². The number of hydrogen-bond donors (Lipinski definition) is 3. The average molecular weight is 282 g/mol. The van der Waals surface area contributed by atoms with Crippen LogP contribution in [-0.2, 0) is 10.2 Å². The van der Waals surface area contributed by atoms with Crippen LogP contribution in [0.1, 0.15) is 38.6 Å². The number of nitrogens with two attached hydrogens (primary N) is 1. The molecule has 0 saturated heterocycles. The molecule has 1 atom stereocenters. The van der Waals surface area contributed by atoms with Gasteiger partial charge >= 0.3 is 0 Å². The lowest BCUT2D eigenvalue weighted by Gasteiger charge is -2.23. The number of nitrogens with one attached hydrogen (secondary N) is 1. The van der Waals surface area contributed by atoms with E-state index in [1.807, 2.05) is 27.7 Å². The summed E-state index contributed by atoms with van der Waals surface area (Å²) in [6.07, 6.45) is 0.585. The van der Waals surface area contributed by atoms with Crippen LogP contribution in [0, 0.1) is 6.92 Å². The Hall–Kier alpha value is -1.40. The van der Waals surface area contributed by atoms with Crippen LogP contribution in [0.2, 0.25) is 0 Å². The van der Waals surface area contributed by atoms with Crippen molar-refractivity contribution in [1.82, 2.24) is 9.97 Å². The maximum absolute atomic E-state index is 9.10. The Bertz CT molecular complexity index is 438. The van der Waals surface area contributed by atoms with Crippen molar-refractivity contribution < 1.29 is 9.84 Å². The second-order valence-corrected chi connectivity index (χ2v) is 5.96. The molecule has 6 nitrogen and oxygen atoms in total. The lowest BCUT2D eigenvalue weighted by molar-refractivity contribution is 0.170. The van der Waals surface area contributed by atoms with Crippen molar-refractivity contribution in [3.8, 4) is 0 Å². The molecule has 1 aromatic rings. The molecule has 0 aliphatic carbocycles. The number of nitrogen functional groups attached to an aromatic ring is 1. The SMILES string of the molecule is COCC(CCO)Nc1nc(C(C)(C)C)nc(N)c1C. The number of hydrogen-bond acceptors (Lipinski definition) is 6. The first-order valence-electron chi connectivity index (χ1n) is 6.80. The van der Waals surface area contributed by atoms with E-state index in [1.54, 1.807) is 7.11 Å². The number of methoxy groups -OCH3 is 1. The van der Waals surface area contributed by atoms with Crippen molar-refractivity contribution in [2.24, 2.45) is 0 Å². The molecular weight excluding hydrogens is 256 g/mol.